The first-order chi connectivity index (χ1) is 45.8. The maximum Gasteiger partial charge on any atom is 0.410 e. The summed E-state index contributed by atoms with van der Waals surface area (Å²) in [5.41, 5.74) is 6.95. The van der Waals surface area contributed by atoms with Gasteiger partial charge in [0.15, 0.2) is 5.78 Å². The van der Waals surface area contributed by atoms with Gasteiger partial charge in [-0.25, -0.2) is 14.4 Å². The number of carboxylic acids is 1. The number of ketones is 1. The number of likely N-dealkylation sites (tertiary alicyclic amines) is 1. The number of carbonyl (C=O) groups is 12. The summed E-state index contributed by atoms with van der Waals surface area (Å²) >= 11 is 0. The van der Waals surface area contributed by atoms with E-state index in [9.17, 15) is 62.6 Å². The Labute approximate surface area is 572 Å². The van der Waals surface area contributed by atoms with E-state index < -0.39 is 84.0 Å². The second-order valence-corrected chi connectivity index (χ2v) is 26.3. The molecule has 2 aliphatic heterocycles. The molecule has 0 spiro atoms. The highest BCUT2D eigenvalue weighted by atomic mass is 16.6. The molecule has 0 aromatic heterocycles. The number of carbonyl (C=O) groups excluding carboxylic acids is 11. The van der Waals surface area contributed by atoms with Gasteiger partial charge in [-0.3, -0.25) is 53.0 Å². The number of amides is 11. The molecule has 0 radical (unpaired) electrons. The quantitative estimate of drug-likeness (QED) is 0.0310. The van der Waals surface area contributed by atoms with Crippen LogP contribution in [-0.2, 0) is 75.2 Å². The number of aliphatic carboxylic acids is 1. The number of nitrogens with one attached hydrogen (secondary N) is 6. The van der Waals surface area contributed by atoms with Crippen molar-refractivity contribution in [2.45, 2.75) is 201 Å². The summed E-state index contributed by atoms with van der Waals surface area (Å²) in [7, 11) is 8.66. The number of Topliss-reactive ketones (excluding diaryl/α,β-unsaturated/α-hetero) is 1. The maximum atomic E-state index is 13.5. The molecule has 27 nitrogen and oxygen atoms in total. The number of nitrogens with zero attached hydrogens (tertiary/aromatic N) is 4. The van der Waals surface area contributed by atoms with Gasteiger partial charge < -0.3 is 66.8 Å². The highest BCUT2D eigenvalue weighted by Gasteiger charge is 2.42. The second kappa shape index (κ2) is 41.7. The smallest absolute Gasteiger partial charge is 0.410 e. The number of urea groups is 1. The predicted molar refractivity (Wildman–Crippen MR) is 366 cm³/mol. The zero-order chi connectivity index (χ0) is 72.8. The molecule has 2 aliphatic rings. The number of carboxylic acid groups (broad SMARTS) is 1. The number of ether oxygens (including phenoxy) is 3. The molecule has 97 heavy (non-hydrogen) atoms. The largest absolute Gasteiger partial charge is 0.480 e. The van der Waals surface area contributed by atoms with Crippen LogP contribution < -0.4 is 37.6 Å². The Morgan fingerprint density at radius 1 is 0.701 bits per heavy atom. The van der Waals surface area contributed by atoms with Crippen LogP contribution in [0.5, 0.6) is 0 Å². The molecule has 2 aromatic carbocycles. The van der Waals surface area contributed by atoms with Crippen molar-refractivity contribution in [1.29, 1.82) is 0 Å². The normalized spacial score (nSPS) is 16.8. The van der Waals surface area contributed by atoms with Crippen LogP contribution in [-0.4, -0.2) is 205 Å². The molecule has 2 aromatic rings. The summed E-state index contributed by atoms with van der Waals surface area (Å²) < 4.78 is 17.1. The van der Waals surface area contributed by atoms with Crippen LogP contribution in [0.4, 0.5) is 15.3 Å². The van der Waals surface area contributed by atoms with E-state index in [1.807, 2.05) is 63.2 Å². The fourth-order valence-electron chi connectivity index (χ4n) is 12.1. The van der Waals surface area contributed by atoms with Gasteiger partial charge in [-0.15, -0.1) is 0 Å². The summed E-state index contributed by atoms with van der Waals surface area (Å²) in [6.07, 6.45) is 5.91. The van der Waals surface area contributed by atoms with Gasteiger partial charge in [-0.05, 0) is 106 Å². The molecule has 11 amide bonds. The van der Waals surface area contributed by atoms with Crippen molar-refractivity contribution in [3.05, 3.63) is 77.9 Å². The second-order valence-electron chi connectivity index (χ2n) is 26.3. The number of unbranched alkanes of at least 4 members (excludes halogenated alkanes) is 2. The average molecular weight is 1360 g/mol. The summed E-state index contributed by atoms with van der Waals surface area (Å²) in [4.78, 5) is 158. The van der Waals surface area contributed by atoms with Gasteiger partial charge in [0.1, 0.15) is 30.8 Å². The lowest BCUT2D eigenvalue weighted by molar-refractivity contribution is -0.145. The number of hydrogen-bond donors (Lipinski definition) is 8. The monoisotopic (exact) mass is 1360 g/mol. The number of rotatable bonds is 39. The van der Waals surface area contributed by atoms with Crippen LogP contribution >= 0.6 is 0 Å². The topological polar surface area (TPSA) is 364 Å². The van der Waals surface area contributed by atoms with Gasteiger partial charge in [0.2, 0.25) is 35.4 Å². The van der Waals surface area contributed by atoms with Gasteiger partial charge >= 0.3 is 18.1 Å². The third-order valence-corrected chi connectivity index (χ3v) is 17.6. The first kappa shape index (κ1) is 82.9. The minimum Gasteiger partial charge on any atom is -0.480 e. The summed E-state index contributed by atoms with van der Waals surface area (Å²) in [5, 5.41) is 25.9. The van der Waals surface area contributed by atoms with E-state index in [2.05, 4.69) is 50.6 Å². The number of nitrogens with two attached hydrogens (primary N) is 1. The Bertz CT molecular complexity index is 2950. The van der Waals surface area contributed by atoms with E-state index in [4.69, 9.17) is 19.9 Å². The van der Waals surface area contributed by atoms with Crippen LogP contribution in [0.15, 0.2) is 66.7 Å². The summed E-state index contributed by atoms with van der Waals surface area (Å²) in [5.74, 6) is -5.44. The van der Waals surface area contributed by atoms with E-state index in [-0.39, 0.29) is 117 Å². The van der Waals surface area contributed by atoms with E-state index in [0.29, 0.717) is 49.4 Å². The number of benzene rings is 2. The Hall–Kier alpha value is -8.30. The van der Waals surface area contributed by atoms with Crippen molar-refractivity contribution in [1.82, 2.24) is 46.2 Å². The fraction of sp³-hybridized carbons (Fsp3) is 0.629. The van der Waals surface area contributed by atoms with Gasteiger partial charge in [0.05, 0.1) is 36.6 Å². The molecule has 4 rings (SSSR count). The van der Waals surface area contributed by atoms with Crippen molar-refractivity contribution < 1.29 is 76.9 Å². The lowest BCUT2D eigenvalue weighted by atomic mass is 9.90. The molecule has 540 valence electrons. The molecule has 9 N–H and O–H groups in total. The zero-order valence-electron chi connectivity index (χ0n) is 59.5. The Morgan fingerprint density at radius 2 is 1.32 bits per heavy atom. The SMILES string of the molecule is CC(=O)[C@@H](NC(=O)[C@H](C(C)C)N(C)C(=O)OCc1ccc(NC(=O)[C@H](CCCNC(N)=O)NC(=O)[C@@H](NC(=O)CCCCCN2C(=O)C=CC2=O)C(C)C)cc1)C(C)C.CC[C@H](C)[C@@H]([C@@H](CC(=O)N1CCC[C@H]1[C@H](OC)[C@@H](C)C(=O)N[C@@H](Cc1ccccc1)C(=O)O)OC)N(C)C. The molecule has 0 bridgehead atoms. The van der Waals surface area contributed by atoms with Crippen LogP contribution in [0.25, 0.3) is 0 Å². The van der Waals surface area contributed by atoms with Gasteiger partial charge in [0, 0.05) is 77.6 Å². The first-order valence-electron chi connectivity index (χ1n) is 33.6. The van der Waals surface area contributed by atoms with Crippen molar-refractivity contribution >= 4 is 76.8 Å². The Kier molecular flexibility index (Phi) is 35.7. The number of imide groups is 1. The number of likely N-dealkylation sites (N-methyl/N-ethyl adjacent to an activating group) is 2. The number of methoxy groups -OCH3 is 2. The van der Waals surface area contributed by atoms with Crippen molar-refractivity contribution in [2.24, 2.45) is 35.3 Å². The van der Waals surface area contributed by atoms with Crippen LogP contribution in [0, 0.1) is 29.6 Å². The Balaban J connectivity index is 0.000000554. The Morgan fingerprint density at radius 3 is 1.86 bits per heavy atom. The highest BCUT2D eigenvalue weighted by Crippen LogP contribution is 2.29. The minimum absolute atomic E-state index is 0.0170. The van der Waals surface area contributed by atoms with E-state index in [1.165, 1.54) is 38.1 Å². The lowest BCUT2D eigenvalue weighted by Crippen LogP contribution is -2.55. The molecule has 0 saturated carbocycles. The fourth-order valence-corrected chi connectivity index (χ4v) is 12.1. The first-order valence-corrected chi connectivity index (χ1v) is 33.6. The van der Waals surface area contributed by atoms with Crippen molar-refractivity contribution in [3.63, 3.8) is 0 Å². The molecule has 11 atom stereocenters. The number of anilines is 1. The maximum absolute atomic E-state index is 13.5. The summed E-state index contributed by atoms with van der Waals surface area (Å²) in [6.45, 7) is 19.0. The number of hydrogen-bond acceptors (Lipinski definition) is 16. The third-order valence-electron chi connectivity index (χ3n) is 17.6. The van der Waals surface area contributed by atoms with Crippen LogP contribution in [0.3, 0.4) is 0 Å². The van der Waals surface area contributed by atoms with Crippen LogP contribution in [0.1, 0.15) is 145 Å². The summed E-state index contributed by atoms with van der Waals surface area (Å²) in [6, 6.07) is 10.1. The van der Waals surface area contributed by atoms with Crippen molar-refractivity contribution in [2.75, 3.05) is 60.3 Å². The van der Waals surface area contributed by atoms with E-state index in [1.54, 1.807) is 66.0 Å². The van der Waals surface area contributed by atoms with Gasteiger partial charge in [-0.2, -0.15) is 0 Å². The standard InChI is InChI=1S/C41H62N8O10.C29H47N3O6/c1-24(2)34(27(7)50)47-39(56)36(26(5)6)48(8)41(58)59-23-28-15-17-29(18-16-28)44-37(54)30(13-12-21-43-40(42)57)45-38(55)35(25(3)4)46-31(51)14-10-9-11-22-49-32(52)19-20-33(49)53;1-8-19(2)26(31(4)5)24(37-6)18-25(33)32-16-12-15-23(32)27(38-7)20(3)28(34)30-22(29(35)36)17-21-13-10-9-11-14-21/h15-20,24-26,30,34-36H,9-14,21-23H2,1-8H3,(H,44,54)(H,45,55)(H,46,51)(H,47,56)(H3,42,43,57);9-11,13-14,19-20,22-24,26-27H,8,12,15-18H2,1-7H3,(H,30,34)(H,35,36)/t30-,34-,35-,36-;19-,20+,22-,23-,24+,26-,27+/m00/s1. The molecule has 0 unspecified atom stereocenters. The highest BCUT2D eigenvalue weighted by molar-refractivity contribution is 6.12. The van der Waals surface area contributed by atoms with E-state index in [0.717, 1.165) is 23.3 Å². The number of primary amides is 1. The predicted octanol–water partition coefficient (Wildman–Crippen LogP) is 5.33. The molecular formula is C70H109N11O16. The lowest BCUT2D eigenvalue weighted by Gasteiger charge is -2.38. The van der Waals surface area contributed by atoms with Gasteiger partial charge in [0.25, 0.3) is 11.8 Å². The zero-order valence-corrected chi connectivity index (χ0v) is 59.5. The molecule has 2 heterocycles. The van der Waals surface area contributed by atoms with E-state index >= 15 is 0 Å². The van der Waals surface area contributed by atoms with Crippen LogP contribution in [0.2, 0.25) is 0 Å². The molecule has 27 heteroatoms. The molecular weight excluding hydrogens is 1250 g/mol. The van der Waals surface area contributed by atoms with Gasteiger partial charge in [-0.1, -0.05) is 118 Å². The molecule has 1 fully saturated rings. The molecule has 0 aliphatic carbocycles. The van der Waals surface area contributed by atoms with Crippen molar-refractivity contribution in [3.8, 4) is 0 Å². The average Bonchev–Trinajstić information content (AvgIpc) is 1.75. The third kappa shape index (κ3) is 26.9. The minimum atomic E-state index is -1.09. The molecule has 1 saturated heterocycles.